The third kappa shape index (κ3) is 2.74. The van der Waals surface area contributed by atoms with Crippen LogP contribution in [0.1, 0.15) is 11.1 Å². The molecular weight excluding hydrogens is 226 g/mol. The minimum atomic E-state index is -0.152. The van der Waals surface area contributed by atoms with Crippen molar-refractivity contribution in [2.45, 2.75) is 13.8 Å². The highest BCUT2D eigenvalue weighted by Gasteiger charge is 2.17. The summed E-state index contributed by atoms with van der Waals surface area (Å²) < 4.78 is 5.04. The van der Waals surface area contributed by atoms with Gasteiger partial charge in [-0.1, -0.05) is 18.2 Å². The minimum absolute atomic E-state index is 0.0445. The number of methoxy groups -OCH3 is 1. The molecule has 0 radical (unpaired) electrons. The summed E-state index contributed by atoms with van der Waals surface area (Å²) in [4.78, 5) is 13.3. The van der Waals surface area contributed by atoms with Crippen LogP contribution in [0, 0.1) is 13.8 Å². The zero-order chi connectivity index (χ0) is 12.1. The number of halogens is 1. The van der Waals surface area contributed by atoms with E-state index in [0.29, 0.717) is 0 Å². The Bertz CT molecular complexity index is 359. The smallest absolute Gasteiger partial charge is 0.243 e. The topological polar surface area (TPSA) is 29.5 Å². The van der Waals surface area contributed by atoms with Crippen molar-refractivity contribution in [3.8, 4) is 0 Å². The number of carbonyl (C=O) groups is 1. The number of amides is 1. The van der Waals surface area contributed by atoms with Gasteiger partial charge in [0.25, 0.3) is 0 Å². The van der Waals surface area contributed by atoms with Crippen LogP contribution >= 0.6 is 11.6 Å². The Morgan fingerprint density at radius 2 is 1.94 bits per heavy atom. The van der Waals surface area contributed by atoms with Gasteiger partial charge in [0.15, 0.2) is 0 Å². The van der Waals surface area contributed by atoms with E-state index in [0.717, 1.165) is 16.8 Å². The van der Waals surface area contributed by atoms with Crippen LogP contribution in [0.2, 0.25) is 0 Å². The molecule has 0 aliphatic carbocycles. The number of hydrogen-bond donors (Lipinski definition) is 0. The quantitative estimate of drug-likeness (QED) is 0.599. The summed E-state index contributed by atoms with van der Waals surface area (Å²) >= 11 is 5.59. The van der Waals surface area contributed by atoms with Crippen molar-refractivity contribution in [2.75, 3.05) is 24.6 Å². The Morgan fingerprint density at radius 1 is 1.38 bits per heavy atom. The third-order valence-electron chi connectivity index (χ3n) is 2.38. The van der Waals surface area contributed by atoms with Gasteiger partial charge in [0.1, 0.15) is 12.6 Å². The summed E-state index contributed by atoms with van der Waals surface area (Å²) in [5.41, 5.74) is 2.96. The molecule has 0 unspecified atom stereocenters. The molecule has 88 valence electrons. The van der Waals surface area contributed by atoms with Gasteiger partial charge in [-0.05, 0) is 25.0 Å². The molecule has 0 aliphatic heterocycles. The molecule has 4 heteroatoms. The van der Waals surface area contributed by atoms with Crippen LogP contribution < -0.4 is 4.90 Å². The fourth-order valence-corrected chi connectivity index (χ4v) is 1.84. The second-order valence-electron chi connectivity index (χ2n) is 3.61. The number of hydrogen-bond acceptors (Lipinski definition) is 2. The molecule has 0 aliphatic rings. The third-order valence-corrected chi connectivity index (χ3v) is 2.61. The van der Waals surface area contributed by atoms with Crippen LogP contribution in [0.25, 0.3) is 0 Å². The largest absolute Gasteiger partial charge is 0.364 e. The van der Waals surface area contributed by atoms with Crippen molar-refractivity contribution < 1.29 is 9.53 Å². The van der Waals surface area contributed by atoms with Gasteiger partial charge in [0, 0.05) is 7.11 Å². The lowest BCUT2D eigenvalue weighted by Crippen LogP contribution is -2.34. The van der Waals surface area contributed by atoms with Gasteiger partial charge in [0.2, 0.25) is 5.91 Å². The molecule has 0 fully saturated rings. The monoisotopic (exact) mass is 241 g/mol. The molecule has 0 aromatic heterocycles. The van der Waals surface area contributed by atoms with Gasteiger partial charge < -0.3 is 4.74 Å². The maximum absolute atomic E-state index is 11.7. The molecule has 0 heterocycles. The zero-order valence-electron chi connectivity index (χ0n) is 9.79. The van der Waals surface area contributed by atoms with Gasteiger partial charge in [0.05, 0.1) is 5.69 Å². The predicted molar refractivity (Wildman–Crippen MR) is 66.0 cm³/mol. The molecule has 0 saturated heterocycles. The second kappa shape index (κ2) is 5.87. The molecule has 1 aromatic rings. The van der Waals surface area contributed by atoms with Gasteiger partial charge in [-0.3, -0.25) is 9.69 Å². The van der Waals surface area contributed by atoms with Crippen LogP contribution in [0.5, 0.6) is 0 Å². The highest BCUT2D eigenvalue weighted by Crippen LogP contribution is 2.24. The molecule has 1 aromatic carbocycles. The number of benzene rings is 1. The van der Waals surface area contributed by atoms with Gasteiger partial charge >= 0.3 is 0 Å². The second-order valence-corrected chi connectivity index (χ2v) is 3.88. The van der Waals surface area contributed by atoms with E-state index in [-0.39, 0.29) is 18.5 Å². The van der Waals surface area contributed by atoms with E-state index >= 15 is 0 Å². The van der Waals surface area contributed by atoms with Gasteiger partial charge in [-0.15, -0.1) is 11.6 Å². The van der Waals surface area contributed by atoms with E-state index in [1.54, 1.807) is 12.0 Å². The number of alkyl halides is 1. The van der Waals surface area contributed by atoms with Crippen LogP contribution in [-0.2, 0) is 9.53 Å². The normalized spacial score (nSPS) is 10.2. The van der Waals surface area contributed by atoms with E-state index in [1.807, 2.05) is 32.0 Å². The van der Waals surface area contributed by atoms with Crippen molar-refractivity contribution in [3.63, 3.8) is 0 Å². The van der Waals surface area contributed by atoms with Crippen LogP contribution in [0.4, 0.5) is 5.69 Å². The molecule has 0 spiro atoms. The van der Waals surface area contributed by atoms with Gasteiger partial charge in [-0.25, -0.2) is 0 Å². The van der Waals surface area contributed by atoms with E-state index in [9.17, 15) is 4.79 Å². The summed E-state index contributed by atoms with van der Waals surface area (Å²) in [6.45, 7) is 4.15. The molecular formula is C12H16ClNO2. The Hall–Kier alpha value is -1.06. The standard InChI is InChI=1S/C12H16ClNO2/c1-9-5-4-6-10(2)12(9)14(8-16-3)11(15)7-13/h4-6H,7-8H2,1-3H3. The summed E-state index contributed by atoms with van der Waals surface area (Å²) in [5.74, 6) is -0.196. The molecule has 1 rings (SSSR count). The molecule has 1 amide bonds. The predicted octanol–water partition coefficient (Wildman–Crippen LogP) is 2.48. The highest BCUT2D eigenvalue weighted by atomic mass is 35.5. The number of carbonyl (C=O) groups excluding carboxylic acids is 1. The summed E-state index contributed by atoms with van der Waals surface area (Å²) in [5, 5.41) is 0. The fraction of sp³-hybridized carbons (Fsp3) is 0.417. The number of rotatable bonds is 4. The maximum Gasteiger partial charge on any atom is 0.243 e. The van der Waals surface area contributed by atoms with E-state index < -0.39 is 0 Å². The highest BCUT2D eigenvalue weighted by molar-refractivity contribution is 6.29. The van der Waals surface area contributed by atoms with Crippen LogP contribution in [0.15, 0.2) is 18.2 Å². The fourth-order valence-electron chi connectivity index (χ4n) is 1.69. The van der Waals surface area contributed by atoms with E-state index in [2.05, 4.69) is 0 Å². The van der Waals surface area contributed by atoms with Crippen molar-refractivity contribution >= 4 is 23.2 Å². The Kier molecular flexibility index (Phi) is 4.77. The average molecular weight is 242 g/mol. The number of ether oxygens (including phenoxy) is 1. The molecule has 0 atom stereocenters. The summed E-state index contributed by atoms with van der Waals surface area (Å²) in [7, 11) is 1.56. The minimum Gasteiger partial charge on any atom is -0.364 e. The Morgan fingerprint density at radius 3 is 2.38 bits per heavy atom. The number of para-hydroxylation sites is 1. The molecule has 0 bridgehead atoms. The molecule has 0 N–H and O–H groups in total. The number of anilines is 1. The first kappa shape index (κ1) is 13.0. The molecule has 16 heavy (non-hydrogen) atoms. The van der Waals surface area contributed by atoms with Gasteiger partial charge in [-0.2, -0.15) is 0 Å². The Balaban J connectivity index is 3.15. The number of nitrogens with zero attached hydrogens (tertiary/aromatic N) is 1. The van der Waals surface area contributed by atoms with E-state index in [4.69, 9.17) is 16.3 Å². The van der Waals surface area contributed by atoms with Crippen LogP contribution in [-0.4, -0.2) is 25.6 Å². The Labute approximate surface area is 101 Å². The molecule has 0 saturated carbocycles. The molecule has 3 nitrogen and oxygen atoms in total. The zero-order valence-corrected chi connectivity index (χ0v) is 10.5. The first-order valence-corrected chi connectivity index (χ1v) is 5.56. The first-order valence-electron chi connectivity index (χ1n) is 5.03. The summed E-state index contributed by atoms with van der Waals surface area (Å²) in [6, 6.07) is 5.89. The van der Waals surface area contributed by atoms with Crippen LogP contribution in [0.3, 0.4) is 0 Å². The lowest BCUT2D eigenvalue weighted by Gasteiger charge is -2.24. The van der Waals surface area contributed by atoms with Crippen molar-refractivity contribution in [1.29, 1.82) is 0 Å². The lowest BCUT2D eigenvalue weighted by atomic mass is 10.1. The van der Waals surface area contributed by atoms with Crippen molar-refractivity contribution in [1.82, 2.24) is 0 Å². The van der Waals surface area contributed by atoms with Crippen molar-refractivity contribution in [2.24, 2.45) is 0 Å². The summed E-state index contributed by atoms with van der Waals surface area (Å²) in [6.07, 6.45) is 0. The average Bonchev–Trinajstić information content (AvgIpc) is 2.26. The number of aryl methyl sites for hydroxylation is 2. The lowest BCUT2D eigenvalue weighted by molar-refractivity contribution is -0.117. The SMILES string of the molecule is COCN(C(=O)CCl)c1c(C)cccc1C. The maximum atomic E-state index is 11.7. The first-order chi connectivity index (χ1) is 7.61. The van der Waals surface area contributed by atoms with Crippen molar-refractivity contribution in [3.05, 3.63) is 29.3 Å². The van der Waals surface area contributed by atoms with E-state index in [1.165, 1.54) is 0 Å².